The first-order chi connectivity index (χ1) is 13.6. The average molecular weight is 444 g/mol. The highest BCUT2D eigenvalue weighted by molar-refractivity contribution is 7.91. The number of hydrogen-bond acceptors (Lipinski definition) is 5. The van der Waals surface area contributed by atoms with Gasteiger partial charge in [0.15, 0.2) is 0 Å². The number of benzene rings is 1. The number of carbonyl (C=O) groups excluding carboxylic acids is 1. The van der Waals surface area contributed by atoms with Crippen molar-refractivity contribution in [3.8, 4) is 5.69 Å². The Labute approximate surface area is 168 Å². The minimum atomic E-state index is -4.43. The van der Waals surface area contributed by atoms with Crippen LogP contribution >= 0.6 is 11.3 Å². The molecule has 1 N–H and O–H groups in total. The molecule has 0 aliphatic rings. The number of hydrogen-bond donors (Lipinski definition) is 1. The number of aromatic nitrogens is 2. The summed E-state index contributed by atoms with van der Waals surface area (Å²) in [5.74, 6) is -0.584. The van der Waals surface area contributed by atoms with Crippen molar-refractivity contribution >= 4 is 33.0 Å². The van der Waals surface area contributed by atoms with Gasteiger partial charge in [0.25, 0.3) is 10.0 Å². The second kappa shape index (κ2) is 7.97. The molecule has 0 saturated carbocycles. The molecule has 0 spiro atoms. The number of sulfonamides is 1. The fourth-order valence-corrected chi connectivity index (χ4v) is 4.71. The molecule has 0 radical (unpaired) electrons. The Morgan fingerprint density at radius 2 is 1.93 bits per heavy atom. The van der Waals surface area contributed by atoms with E-state index in [1.165, 1.54) is 42.3 Å². The van der Waals surface area contributed by atoms with Gasteiger partial charge in [-0.1, -0.05) is 6.07 Å². The minimum Gasteiger partial charge on any atom is -0.322 e. The van der Waals surface area contributed by atoms with E-state index in [4.69, 9.17) is 0 Å². The molecule has 3 aromatic rings. The number of rotatable bonds is 6. The molecule has 2 aromatic heterocycles. The van der Waals surface area contributed by atoms with E-state index in [1.54, 1.807) is 11.4 Å². The van der Waals surface area contributed by atoms with Gasteiger partial charge in [-0.3, -0.25) is 4.79 Å². The van der Waals surface area contributed by atoms with E-state index in [1.807, 2.05) is 0 Å². The lowest BCUT2D eigenvalue weighted by Crippen LogP contribution is -2.34. The number of amides is 1. The maximum atomic E-state index is 12.6. The molecule has 0 atom stereocenters. The van der Waals surface area contributed by atoms with Crippen molar-refractivity contribution < 1.29 is 26.4 Å². The fraction of sp³-hybridized carbons (Fsp3) is 0.176. The first-order valence-corrected chi connectivity index (χ1v) is 10.4. The van der Waals surface area contributed by atoms with Crippen LogP contribution in [0.4, 0.5) is 18.9 Å². The summed E-state index contributed by atoms with van der Waals surface area (Å²) in [6, 6.07) is 7.41. The summed E-state index contributed by atoms with van der Waals surface area (Å²) in [5, 5.41) is 8.12. The van der Waals surface area contributed by atoms with Gasteiger partial charge in [-0.05, 0) is 35.7 Å². The van der Waals surface area contributed by atoms with Crippen molar-refractivity contribution in [3.63, 3.8) is 0 Å². The summed E-state index contributed by atoms with van der Waals surface area (Å²) >= 11 is 1.05. The first kappa shape index (κ1) is 21.0. The molecule has 12 heteroatoms. The van der Waals surface area contributed by atoms with Crippen molar-refractivity contribution in [2.75, 3.05) is 18.9 Å². The smallest absolute Gasteiger partial charge is 0.322 e. The van der Waals surface area contributed by atoms with Gasteiger partial charge in [0.2, 0.25) is 5.91 Å². The normalized spacial score (nSPS) is 12.3. The number of thiophene rings is 1. The molecular formula is C17H15F3N4O3S2. The molecule has 0 unspecified atom stereocenters. The molecule has 2 heterocycles. The Hall–Kier alpha value is -2.70. The zero-order valence-corrected chi connectivity index (χ0v) is 16.6. The highest BCUT2D eigenvalue weighted by Crippen LogP contribution is 2.29. The summed E-state index contributed by atoms with van der Waals surface area (Å²) in [6.07, 6.45) is -1.71. The Morgan fingerprint density at radius 3 is 2.52 bits per heavy atom. The zero-order valence-electron chi connectivity index (χ0n) is 14.9. The van der Waals surface area contributed by atoms with Gasteiger partial charge in [0.05, 0.1) is 35.9 Å². The SMILES string of the molecule is CN(CC(=O)Nc1cnn(-c2ccc(C(F)(F)F)cc2)c1)S(=O)(=O)c1cccs1. The van der Waals surface area contributed by atoms with Crippen LogP contribution in [0.3, 0.4) is 0 Å². The lowest BCUT2D eigenvalue weighted by Gasteiger charge is -2.15. The van der Waals surface area contributed by atoms with Crippen LogP contribution in [0.15, 0.2) is 58.4 Å². The maximum absolute atomic E-state index is 12.6. The van der Waals surface area contributed by atoms with Crippen LogP contribution in [0.25, 0.3) is 5.69 Å². The number of nitrogens with zero attached hydrogens (tertiary/aromatic N) is 3. The van der Waals surface area contributed by atoms with Gasteiger partial charge in [-0.15, -0.1) is 11.3 Å². The quantitative estimate of drug-likeness (QED) is 0.633. The van der Waals surface area contributed by atoms with E-state index in [-0.39, 0.29) is 9.90 Å². The van der Waals surface area contributed by atoms with Gasteiger partial charge < -0.3 is 5.32 Å². The second-order valence-corrected chi connectivity index (χ2v) is 9.18. The third-order valence-electron chi connectivity index (χ3n) is 3.85. The largest absolute Gasteiger partial charge is 0.416 e. The lowest BCUT2D eigenvalue weighted by molar-refractivity contribution is -0.137. The van der Waals surface area contributed by atoms with Crippen LogP contribution in [-0.4, -0.2) is 42.0 Å². The number of nitrogens with one attached hydrogen (secondary N) is 1. The Balaban J connectivity index is 1.65. The average Bonchev–Trinajstić information content (AvgIpc) is 3.33. The van der Waals surface area contributed by atoms with Crippen molar-refractivity contribution in [2.24, 2.45) is 0 Å². The van der Waals surface area contributed by atoms with Gasteiger partial charge >= 0.3 is 6.18 Å². The van der Waals surface area contributed by atoms with E-state index in [9.17, 15) is 26.4 Å². The van der Waals surface area contributed by atoms with E-state index < -0.39 is 34.2 Å². The molecule has 1 aromatic carbocycles. The van der Waals surface area contributed by atoms with Crippen molar-refractivity contribution in [1.82, 2.24) is 14.1 Å². The number of alkyl halides is 3. The monoisotopic (exact) mass is 444 g/mol. The Bertz CT molecular complexity index is 1090. The zero-order chi connectivity index (χ0) is 21.2. The molecule has 0 aliphatic heterocycles. The number of anilines is 1. The maximum Gasteiger partial charge on any atom is 0.416 e. The molecule has 154 valence electrons. The van der Waals surface area contributed by atoms with Gasteiger partial charge in [-0.2, -0.15) is 22.6 Å². The molecule has 7 nitrogen and oxygen atoms in total. The van der Waals surface area contributed by atoms with Crippen molar-refractivity contribution in [3.05, 3.63) is 59.7 Å². The molecule has 0 aliphatic carbocycles. The molecule has 0 bridgehead atoms. The van der Waals surface area contributed by atoms with Gasteiger partial charge in [0.1, 0.15) is 4.21 Å². The van der Waals surface area contributed by atoms with Crippen LogP contribution in [0.1, 0.15) is 5.56 Å². The van der Waals surface area contributed by atoms with Crippen LogP contribution in [-0.2, 0) is 21.0 Å². The van der Waals surface area contributed by atoms with Crippen LogP contribution in [0.5, 0.6) is 0 Å². The predicted octanol–water partition coefficient (Wildman–Crippen LogP) is 3.21. The number of halogens is 3. The predicted molar refractivity (Wildman–Crippen MR) is 101 cm³/mol. The Kier molecular flexibility index (Phi) is 5.78. The summed E-state index contributed by atoms with van der Waals surface area (Å²) < 4.78 is 64.9. The molecule has 0 saturated heterocycles. The van der Waals surface area contributed by atoms with Crippen LogP contribution in [0, 0.1) is 0 Å². The van der Waals surface area contributed by atoms with E-state index in [0.29, 0.717) is 5.69 Å². The van der Waals surface area contributed by atoms with Crippen molar-refractivity contribution in [1.29, 1.82) is 0 Å². The third kappa shape index (κ3) is 4.83. The van der Waals surface area contributed by atoms with E-state index in [0.717, 1.165) is 27.8 Å². The standard InChI is InChI=1S/C17H15F3N4O3S2/c1-23(29(26,27)16-3-2-8-28-16)11-15(25)22-13-9-21-24(10-13)14-6-4-12(5-7-14)17(18,19)20/h2-10H,11H2,1H3,(H,22,25). The van der Waals surface area contributed by atoms with Crippen LogP contribution in [0.2, 0.25) is 0 Å². The van der Waals surface area contributed by atoms with Gasteiger partial charge in [-0.25, -0.2) is 13.1 Å². The number of carbonyl (C=O) groups is 1. The summed E-state index contributed by atoms with van der Waals surface area (Å²) in [4.78, 5) is 12.2. The summed E-state index contributed by atoms with van der Waals surface area (Å²) in [7, 11) is -2.47. The lowest BCUT2D eigenvalue weighted by atomic mass is 10.2. The first-order valence-electron chi connectivity index (χ1n) is 8.09. The third-order valence-corrected chi connectivity index (χ3v) is 7.03. The molecule has 29 heavy (non-hydrogen) atoms. The van der Waals surface area contributed by atoms with E-state index in [2.05, 4.69) is 10.4 Å². The second-order valence-electron chi connectivity index (χ2n) is 5.96. The van der Waals surface area contributed by atoms with Crippen LogP contribution < -0.4 is 5.32 Å². The van der Waals surface area contributed by atoms with Crippen molar-refractivity contribution in [2.45, 2.75) is 10.4 Å². The summed E-state index contributed by atoms with van der Waals surface area (Å²) in [6.45, 7) is -0.411. The van der Waals surface area contributed by atoms with Gasteiger partial charge in [0, 0.05) is 7.05 Å². The molecular weight excluding hydrogens is 429 g/mol. The Morgan fingerprint density at radius 1 is 1.24 bits per heavy atom. The fourth-order valence-electron chi connectivity index (χ4n) is 2.38. The molecule has 0 fully saturated rings. The molecule has 3 rings (SSSR count). The topological polar surface area (TPSA) is 84.3 Å². The summed E-state index contributed by atoms with van der Waals surface area (Å²) in [5.41, 5.74) is -0.135. The number of likely N-dealkylation sites (N-methyl/N-ethyl adjacent to an activating group) is 1. The van der Waals surface area contributed by atoms with E-state index >= 15 is 0 Å². The minimum absolute atomic E-state index is 0.128. The highest BCUT2D eigenvalue weighted by atomic mass is 32.2. The highest BCUT2D eigenvalue weighted by Gasteiger charge is 2.30. The molecule has 1 amide bonds.